The minimum Gasteiger partial charge on any atom is -0.345 e. The monoisotopic (exact) mass is 332 g/mol. The Kier molecular flexibility index (Phi) is 3.03. The highest BCUT2D eigenvalue weighted by Gasteiger charge is 2.28. The van der Waals surface area contributed by atoms with Crippen molar-refractivity contribution < 1.29 is 0 Å². The lowest BCUT2D eigenvalue weighted by molar-refractivity contribution is 0.465. The van der Waals surface area contributed by atoms with Crippen LogP contribution in [0.15, 0.2) is 43.0 Å². The molecular formula is C17H16N8. The molecule has 0 bridgehead atoms. The second-order valence-electron chi connectivity index (χ2n) is 6.20. The Bertz CT molecular complexity index is 1040. The molecule has 0 radical (unpaired) electrons. The van der Waals surface area contributed by atoms with E-state index in [0.717, 1.165) is 35.1 Å². The SMILES string of the molecule is C[C@H]1CN(c2ncnc3nc[nH]c23)Cc2nnc(-c3ccccc3)n21. The number of benzene rings is 1. The number of imidazole rings is 1. The number of nitrogens with one attached hydrogen (secondary N) is 1. The van der Waals surface area contributed by atoms with Crippen molar-refractivity contribution in [2.45, 2.75) is 19.5 Å². The molecule has 0 saturated heterocycles. The topological polar surface area (TPSA) is 88.4 Å². The summed E-state index contributed by atoms with van der Waals surface area (Å²) < 4.78 is 2.22. The molecule has 0 amide bonds. The number of fused-ring (bicyclic) bond motifs is 2. The van der Waals surface area contributed by atoms with Crippen LogP contribution in [0, 0.1) is 0 Å². The number of hydrogen-bond donors (Lipinski definition) is 1. The van der Waals surface area contributed by atoms with Crippen molar-refractivity contribution >= 4 is 17.0 Å². The van der Waals surface area contributed by atoms with Gasteiger partial charge in [-0.15, -0.1) is 10.2 Å². The highest BCUT2D eigenvalue weighted by Crippen LogP contribution is 2.31. The van der Waals surface area contributed by atoms with Crippen LogP contribution in [-0.4, -0.2) is 41.2 Å². The molecule has 4 aromatic rings. The average Bonchev–Trinajstić information content (AvgIpc) is 3.29. The molecule has 124 valence electrons. The quantitative estimate of drug-likeness (QED) is 0.605. The minimum absolute atomic E-state index is 0.224. The van der Waals surface area contributed by atoms with Crippen LogP contribution in [-0.2, 0) is 6.54 Å². The predicted octanol–water partition coefficient (Wildman–Crippen LogP) is 2.19. The number of anilines is 1. The molecule has 0 aliphatic carbocycles. The molecule has 1 aliphatic heterocycles. The first-order valence-electron chi connectivity index (χ1n) is 8.19. The van der Waals surface area contributed by atoms with E-state index in [2.05, 4.69) is 58.7 Å². The average molecular weight is 332 g/mol. The van der Waals surface area contributed by atoms with Crippen molar-refractivity contribution in [1.29, 1.82) is 0 Å². The molecule has 0 spiro atoms. The summed E-state index contributed by atoms with van der Waals surface area (Å²) in [6.07, 6.45) is 3.20. The summed E-state index contributed by atoms with van der Waals surface area (Å²) in [5, 5.41) is 8.86. The van der Waals surface area contributed by atoms with E-state index < -0.39 is 0 Å². The maximum absolute atomic E-state index is 4.46. The standard InChI is InChI=1S/C17H16N8/c1-11-7-24(17-14-15(19-9-18-14)20-10-21-17)8-13-22-23-16(25(11)13)12-5-3-2-4-6-12/h2-6,9-11H,7-8H2,1H3,(H,18,19,20,21)/t11-/m0/s1. The molecule has 0 unspecified atom stereocenters. The Morgan fingerprint density at radius 1 is 1.08 bits per heavy atom. The molecule has 1 aromatic carbocycles. The van der Waals surface area contributed by atoms with Gasteiger partial charge in [-0.2, -0.15) is 0 Å². The van der Waals surface area contributed by atoms with Gasteiger partial charge in [-0.3, -0.25) is 0 Å². The van der Waals surface area contributed by atoms with Crippen molar-refractivity contribution in [2.24, 2.45) is 0 Å². The maximum atomic E-state index is 4.46. The highest BCUT2D eigenvalue weighted by atomic mass is 15.4. The van der Waals surface area contributed by atoms with Crippen molar-refractivity contribution in [2.75, 3.05) is 11.4 Å². The fourth-order valence-corrected chi connectivity index (χ4v) is 3.47. The maximum Gasteiger partial charge on any atom is 0.182 e. The van der Waals surface area contributed by atoms with Crippen LogP contribution in [0.4, 0.5) is 5.82 Å². The van der Waals surface area contributed by atoms with E-state index in [4.69, 9.17) is 0 Å². The third kappa shape index (κ3) is 2.18. The van der Waals surface area contributed by atoms with Gasteiger partial charge in [-0.25, -0.2) is 15.0 Å². The first kappa shape index (κ1) is 14.1. The molecule has 5 rings (SSSR count). The fraction of sp³-hybridized carbons (Fsp3) is 0.235. The lowest BCUT2D eigenvalue weighted by atomic mass is 10.1. The molecule has 3 aromatic heterocycles. The van der Waals surface area contributed by atoms with Gasteiger partial charge < -0.3 is 14.5 Å². The molecule has 0 saturated carbocycles. The van der Waals surface area contributed by atoms with Gasteiger partial charge in [-0.05, 0) is 6.92 Å². The number of H-pyrrole nitrogens is 1. The first-order chi connectivity index (χ1) is 12.3. The predicted molar refractivity (Wildman–Crippen MR) is 92.9 cm³/mol. The molecule has 25 heavy (non-hydrogen) atoms. The van der Waals surface area contributed by atoms with E-state index in [1.807, 2.05) is 18.2 Å². The van der Waals surface area contributed by atoms with Gasteiger partial charge >= 0.3 is 0 Å². The van der Waals surface area contributed by atoms with E-state index in [0.29, 0.717) is 12.2 Å². The summed E-state index contributed by atoms with van der Waals surface area (Å²) >= 11 is 0. The van der Waals surface area contributed by atoms with Gasteiger partial charge in [0.05, 0.1) is 18.9 Å². The molecule has 1 N–H and O–H groups in total. The zero-order valence-electron chi connectivity index (χ0n) is 13.7. The Labute approximate surface area is 143 Å². The first-order valence-corrected chi connectivity index (χ1v) is 8.19. The number of hydrogen-bond acceptors (Lipinski definition) is 6. The van der Waals surface area contributed by atoms with Gasteiger partial charge in [0.1, 0.15) is 11.8 Å². The van der Waals surface area contributed by atoms with Crippen LogP contribution >= 0.6 is 0 Å². The van der Waals surface area contributed by atoms with Crippen molar-refractivity contribution in [1.82, 2.24) is 34.7 Å². The highest BCUT2D eigenvalue weighted by molar-refractivity contribution is 5.82. The molecule has 0 fully saturated rings. The summed E-state index contributed by atoms with van der Waals surface area (Å²) in [6, 6.07) is 10.4. The van der Waals surface area contributed by atoms with E-state index >= 15 is 0 Å². The normalized spacial score (nSPS) is 17.0. The van der Waals surface area contributed by atoms with Gasteiger partial charge in [0.15, 0.2) is 23.1 Å². The summed E-state index contributed by atoms with van der Waals surface area (Å²) in [5.74, 6) is 2.70. The fourth-order valence-electron chi connectivity index (χ4n) is 3.47. The van der Waals surface area contributed by atoms with Crippen LogP contribution < -0.4 is 4.90 Å². The number of nitrogens with zero attached hydrogens (tertiary/aromatic N) is 7. The summed E-state index contributed by atoms with van der Waals surface area (Å²) in [7, 11) is 0. The Balaban J connectivity index is 1.56. The van der Waals surface area contributed by atoms with Crippen molar-refractivity contribution in [3.05, 3.63) is 48.8 Å². The summed E-state index contributed by atoms with van der Waals surface area (Å²) in [4.78, 5) is 18.2. The smallest absolute Gasteiger partial charge is 0.182 e. The largest absolute Gasteiger partial charge is 0.345 e. The van der Waals surface area contributed by atoms with Gasteiger partial charge in [-0.1, -0.05) is 30.3 Å². The lowest BCUT2D eigenvalue weighted by Crippen LogP contribution is -2.37. The molecule has 1 aliphatic rings. The minimum atomic E-state index is 0.224. The lowest BCUT2D eigenvalue weighted by Gasteiger charge is -2.33. The zero-order valence-corrected chi connectivity index (χ0v) is 13.7. The summed E-state index contributed by atoms with van der Waals surface area (Å²) in [5.41, 5.74) is 2.61. The van der Waals surface area contributed by atoms with Crippen LogP contribution in [0.2, 0.25) is 0 Å². The van der Waals surface area contributed by atoms with E-state index in [1.54, 1.807) is 12.7 Å². The van der Waals surface area contributed by atoms with Crippen LogP contribution in [0.25, 0.3) is 22.6 Å². The van der Waals surface area contributed by atoms with E-state index in [-0.39, 0.29) is 6.04 Å². The van der Waals surface area contributed by atoms with Gasteiger partial charge in [0.2, 0.25) is 0 Å². The second kappa shape index (κ2) is 5.37. The van der Waals surface area contributed by atoms with Gasteiger partial charge in [0.25, 0.3) is 0 Å². The van der Waals surface area contributed by atoms with Crippen molar-refractivity contribution in [3.8, 4) is 11.4 Å². The van der Waals surface area contributed by atoms with Crippen LogP contribution in [0.5, 0.6) is 0 Å². The third-order valence-corrected chi connectivity index (χ3v) is 4.56. The van der Waals surface area contributed by atoms with E-state index in [1.165, 1.54) is 0 Å². The molecule has 4 heterocycles. The van der Waals surface area contributed by atoms with Crippen LogP contribution in [0.3, 0.4) is 0 Å². The second-order valence-corrected chi connectivity index (χ2v) is 6.20. The number of rotatable bonds is 2. The third-order valence-electron chi connectivity index (χ3n) is 4.56. The van der Waals surface area contributed by atoms with Crippen LogP contribution in [0.1, 0.15) is 18.8 Å². The Morgan fingerprint density at radius 2 is 1.96 bits per heavy atom. The zero-order chi connectivity index (χ0) is 16.8. The molecule has 8 heteroatoms. The number of aromatic nitrogens is 7. The Morgan fingerprint density at radius 3 is 2.84 bits per heavy atom. The van der Waals surface area contributed by atoms with Crippen molar-refractivity contribution in [3.63, 3.8) is 0 Å². The molecule has 1 atom stereocenters. The molecular weight excluding hydrogens is 316 g/mol. The Hall–Kier alpha value is -3.29. The van der Waals surface area contributed by atoms with Gasteiger partial charge in [0, 0.05) is 12.1 Å². The van der Waals surface area contributed by atoms with E-state index in [9.17, 15) is 0 Å². The number of aromatic amines is 1. The molecule has 8 nitrogen and oxygen atoms in total. The summed E-state index contributed by atoms with van der Waals surface area (Å²) in [6.45, 7) is 3.64.